The number of nitrogens with zero attached hydrogens (tertiary/aromatic N) is 4. The molecule has 0 atom stereocenters. The summed E-state index contributed by atoms with van der Waals surface area (Å²) in [5.41, 5.74) is 3.29. The van der Waals surface area contributed by atoms with Gasteiger partial charge in [0.25, 0.3) is 0 Å². The van der Waals surface area contributed by atoms with Gasteiger partial charge in [-0.1, -0.05) is 54.0 Å². The van der Waals surface area contributed by atoms with Crippen LogP contribution >= 0.6 is 0 Å². The summed E-state index contributed by atoms with van der Waals surface area (Å²) in [6, 6.07) is 15.3. The molecule has 8 heteroatoms. The molecule has 0 unspecified atom stereocenters. The Kier molecular flexibility index (Phi) is 7.03. The molecular formula is C24H30N4O3S. The normalized spacial score (nSPS) is 15.8. The van der Waals surface area contributed by atoms with Crippen LogP contribution in [0.5, 0.6) is 0 Å². The van der Waals surface area contributed by atoms with Crippen molar-refractivity contribution in [2.45, 2.75) is 38.0 Å². The molecule has 0 saturated carbocycles. The Bertz CT molecular complexity index is 1120. The minimum absolute atomic E-state index is 0.379. The number of aromatic nitrogens is 2. The van der Waals surface area contributed by atoms with Crippen LogP contribution in [0, 0.1) is 6.92 Å². The average Bonchev–Trinajstić information content (AvgIpc) is 3.29. The van der Waals surface area contributed by atoms with E-state index < -0.39 is 10.0 Å². The Hall–Kier alpha value is -2.55. The molecule has 7 nitrogen and oxygen atoms in total. The van der Waals surface area contributed by atoms with Crippen molar-refractivity contribution in [1.82, 2.24) is 19.3 Å². The van der Waals surface area contributed by atoms with Gasteiger partial charge < -0.3 is 9.42 Å². The van der Waals surface area contributed by atoms with Crippen molar-refractivity contribution < 1.29 is 12.9 Å². The van der Waals surface area contributed by atoms with E-state index in [4.69, 9.17) is 4.52 Å². The Balaban J connectivity index is 1.24. The third-order valence-corrected chi connectivity index (χ3v) is 7.86. The maximum absolute atomic E-state index is 12.9. The van der Waals surface area contributed by atoms with Crippen LogP contribution in [-0.2, 0) is 22.9 Å². The first kappa shape index (κ1) is 22.6. The van der Waals surface area contributed by atoms with Gasteiger partial charge in [-0.05, 0) is 44.0 Å². The predicted molar refractivity (Wildman–Crippen MR) is 124 cm³/mol. The largest absolute Gasteiger partial charge is 0.339 e. The van der Waals surface area contributed by atoms with E-state index in [1.54, 1.807) is 16.4 Å². The highest BCUT2D eigenvalue weighted by molar-refractivity contribution is 7.89. The molecule has 0 aliphatic carbocycles. The molecule has 1 aliphatic rings. The molecule has 0 spiro atoms. The lowest BCUT2D eigenvalue weighted by Gasteiger charge is -2.33. The number of benzene rings is 2. The minimum Gasteiger partial charge on any atom is -0.339 e. The van der Waals surface area contributed by atoms with E-state index in [1.165, 1.54) is 5.56 Å². The van der Waals surface area contributed by atoms with Crippen LogP contribution < -0.4 is 0 Å². The zero-order valence-corrected chi connectivity index (χ0v) is 19.5. The highest BCUT2D eigenvalue weighted by Gasteiger charge is 2.28. The van der Waals surface area contributed by atoms with Crippen molar-refractivity contribution in [2.24, 2.45) is 0 Å². The van der Waals surface area contributed by atoms with Crippen molar-refractivity contribution in [3.8, 4) is 11.4 Å². The maximum Gasteiger partial charge on any atom is 0.243 e. The van der Waals surface area contributed by atoms with E-state index in [0.29, 0.717) is 36.1 Å². The fourth-order valence-electron chi connectivity index (χ4n) is 3.87. The Labute approximate surface area is 190 Å². The first-order valence-corrected chi connectivity index (χ1v) is 12.6. The van der Waals surface area contributed by atoms with Crippen molar-refractivity contribution >= 4 is 10.0 Å². The van der Waals surface area contributed by atoms with Crippen molar-refractivity contribution in [3.05, 3.63) is 65.5 Å². The minimum atomic E-state index is -3.43. The molecule has 170 valence electrons. The number of hydrogen-bond donors (Lipinski definition) is 0. The van der Waals surface area contributed by atoms with Gasteiger partial charge in [0, 0.05) is 38.2 Å². The fraction of sp³-hybridized carbons (Fsp3) is 0.417. The van der Waals surface area contributed by atoms with E-state index in [1.807, 2.05) is 43.3 Å². The van der Waals surface area contributed by atoms with Crippen LogP contribution in [0.25, 0.3) is 11.4 Å². The molecule has 1 fully saturated rings. The van der Waals surface area contributed by atoms with E-state index in [0.717, 1.165) is 43.6 Å². The molecule has 2 heterocycles. The smallest absolute Gasteiger partial charge is 0.243 e. The van der Waals surface area contributed by atoms with Gasteiger partial charge in [-0.25, -0.2) is 8.42 Å². The number of piperazine rings is 1. The molecule has 0 N–H and O–H groups in total. The van der Waals surface area contributed by atoms with Crippen LogP contribution in [0.4, 0.5) is 0 Å². The first-order chi connectivity index (χ1) is 15.5. The number of hydrogen-bond acceptors (Lipinski definition) is 6. The highest BCUT2D eigenvalue weighted by atomic mass is 32.2. The number of rotatable bonds is 8. The second kappa shape index (κ2) is 9.94. The van der Waals surface area contributed by atoms with Crippen LogP contribution in [-0.4, -0.2) is 60.5 Å². The summed E-state index contributed by atoms with van der Waals surface area (Å²) in [5.74, 6) is 1.25. The van der Waals surface area contributed by atoms with Crippen molar-refractivity contribution in [2.75, 3.05) is 32.7 Å². The van der Waals surface area contributed by atoms with Crippen LogP contribution in [0.2, 0.25) is 0 Å². The molecule has 1 saturated heterocycles. The molecule has 0 bridgehead atoms. The highest BCUT2D eigenvalue weighted by Crippen LogP contribution is 2.19. The zero-order valence-electron chi connectivity index (χ0n) is 18.7. The third kappa shape index (κ3) is 5.26. The van der Waals surface area contributed by atoms with Gasteiger partial charge in [0.2, 0.25) is 21.7 Å². The van der Waals surface area contributed by atoms with Gasteiger partial charge in [-0.2, -0.15) is 9.29 Å². The molecule has 1 aliphatic heterocycles. The Morgan fingerprint density at radius 3 is 2.31 bits per heavy atom. The van der Waals surface area contributed by atoms with Gasteiger partial charge in [0.05, 0.1) is 4.90 Å². The SMILES string of the molecule is CCc1ccc(S(=O)(=O)N2CCN(CCCc3nc(-c4ccc(C)cc4)no3)CC2)cc1. The summed E-state index contributed by atoms with van der Waals surface area (Å²) in [6.07, 6.45) is 2.50. The summed E-state index contributed by atoms with van der Waals surface area (Å²) in [7, 11) is -3.43. The second-order valence-corrected chi connectivity index (χ2v) is 10.2. The van der Waals surface area contributed by atoms with Gasteiger partial charge in [0.15, 0.2) is 0 Å². The van der Waals surface area contributed by atoms with E-state index in [2.05, 4.69) is 22.0 Å². The quantitative estimate of drug-likeness (QED) is 0.518. The summed E-state index contributed by atoms with van der Waals surface area (Å²) in [6.45, 7) is 7.46. The second-order valence-electron chi connectivity index (χ2n) is 8.22. The standard InChI is InChI=1S/C24H30N4O3S/c1-3-20-8-12-22(13-9-20)32(29,30)28-17-15-27(16-18-28)14-4-5-23-25-24(26-31-23)21-10-6-19(2)7-11-21/h6-13H,3-5,14-18H2,1-2H3. The monoisotopic (exact) mass is 454 g/mol. The molecule has 1 aromatic heterocycles. The molecule has 2 aromatic carbocycles. The van der Waals surface area contributed by atoms with Crippen LogP contribution in [0.1, 0.15) is 30.4 Å². The van der Waals surface area contributed by atoms with Gasteiger partial charge >= 0.3 is 0 Å². The van der Waals surface area contributed by atoms with Crippen LogP contribution in [0.15, 0.2) is 57.9 Å². The molecule has 32 heavy (non-hydrogen) atoms. The zero-order chi connectivity index (χ0) is 22.6. The van der Waals surface area contributed by atoms with Gasteiger partial charge in [-0.15, -0.1) is 0 Å². The molecular weight excluding hydrogens is 424 g/mol. The fourth-order valence-corrected chi connectivity index (χ4v) is 5.29. The predicted octanol–water partition coefficient (Wildman–Crippen LogP) is 3.55. The number of sulfonamides is 1. The molecule has 0 amide bonds. The maximum atomic E-state index is 12.9. The summed E-state index contributed by atoms with van der Waals surface area (Å²) in [5, 5.41) is 4.09. The lowest BCUT2D eigenvalue weighted by molar-refractivity contribution is 0.185. The molecule has 3 aromatic rings. The summed E-state index contributed by atoms with van der Waals surface area (Å²) < 4.78 is 32.8. The average molecular weight is 455 g/mol. The van der Waals surface area contributed by atoms with E-state index in [-0.39, 0.29) is 0 Å². The lowest BCUT2D eigenvalue weighted by atomic mass is 10.1. The number of aryl methyl sites for hydroxylation is 3. The topological polar surface area (TPSA) is 79.5 Å². The van der Waals surface area contributed by atoms with E-state index >= 15 is 0 Å². The lowest BCUT2D eigenvalue weighted by Crippen LogP contribution is -2.48. The third-order valence-electron chi connectivity index (χ3n) is 5.94. The van der Waals surface area contributed by atoms with E-state index in [9.17, 15) is 8.42 Å². The molecule has 0 radical (unpaired) electrons. The van der Waals surface area contributed by atoms with Crippen molar-refractivity contribution in [3.63, 3.8) is 0 Å². The van der Waals surface area contributed by atoms with Crippen LogP contribution in [0.3, 0.4) is 0 Å². The Morgan fingerprint density at radius 1 is 0.969 bits per heavy atom. The summed E-state index contributed by atoms with van der Waals surface area (Å²) in [4.78, 5) is 7.17. The van der Waals surface area contributed by atoms with Gasteiger partial charge in [-0.3, -0.25) is 0 Å². The summed E-state index contributed by atoms with van der Waals surface area (Å²) >= 11 is 0. The first-order valence-electron chi connectivity index (χ1n) is 11.2. The van der Waals surface area contributed by atoms with Crippen molar-refractivity contribution in [1.29, 1.82) is 0 Å². The Morgan fingerprint density at radius 2 is 1.66 bits per heavy atom. The van der Waals surface area contributed by atoms with Gasteiger partial charge in [0.1, 0.15) is 0 Å². The molecule has 4 rings (SSSR count).